The molecular weight excluding hydrogens is 240 g/mol. The van der Waals surface area contributed by atoms with Crippen molar-refractivity contribution in [1.82, 2.24) is 9.97 Å². The lowest BCUT2D eigenvalue weighted by Crippen LogP contribution is -2.03. The molecule has 5 heteroatoms. The molecule has 3 nitrogen and oxygen atoms in total. The highest BCUT2D eigenvalue weighted by molar-refractivity contribution is 8.01. The lowest BCUT2D eigenvalue weighted by molar-refractivity contribution is 0.101. The molecule has 0 aromatic carbocycles. The number of rotatable bonds is 3. The van der Waals surface area contributed by atoms with Crippen LogP contribution in [-0.4, -0.2) is 15.8 Å². The Balaban J connectivity index is 2.40. The first-order valence-corrected chi connectivity index (χ1v) is 6.42. The van der Waals surface area contributed by atoms with E-state index >= 15 is 0 Å². The maximum Gasteiger partial charge on any atom is 0.164 e. The van der Waals surface area contributed by atoms with Crippen molar-refractivity contribution in [3.05, 3.63) is 35.1 Å². The molecule has 2 aromatic rings. The fourth-order valence-electron chi connectivity index (χ4n) is 1.35. The Kier molecular flexibility index (Phi) is 3.36. The van der Waals surface area contributed by atoms with Crippen LogP contribution in [0.3, 0.4) is 0 Å². The van der Waals surface area contributed by atoms with Gasteiger partial charge in [-0.3, -0.25) is 4.79 Å². The van der Waals surface area contributed by atoms with Crippen molar-refractivity contribution in [2.45, 2.75) is 23.1 Å². The maximum atomic E-state index is 11.5. The smallest absolute Gasteiger partial charge is 0.164 e. The summed E-state index contributed by atoms with van der Waals surface area (Å²) in [4.78, 5) is 19.7. The van der Waals surface area contributed by atoms with Crippen LogP contribution in [0.15, 0.2) is 33.1 Å². The van der Waals surface area contributed by atoms with Gasteiger partial charge in [0.25, 0.3) is 0 Å². The van der Waals surface area contributed by atoms with Gasteiger partial charge in [0.1, 0.15) is 11.4 Å². The maximum absolute atomic E-state index is 11.5. The van der Waals surface area contributed by atoms with Crippen LogP contribution >= 0.6 is 23.1 Å². The fourth-order valence-corrected chi connectivity index (χ4v) is 3.23. The molecule has 0 atom stereocenters. The molecule has 0 unspecified atom stereocenters. The first kappa shape index (κ1) is 11.3. The van der Waals surface area contributed by atoms with Crippen LogP contribution in [-0.2, 0) is 0 Å². The summed E-state index contributed by atoms with van der Waals surface area (Å²) in [5.74, 6) is 0.0113. The normalized spacial score (nSPS) is 10.4. The fraction of sp³-hybridized carbons (Fsp3) is 0.182. The summed E-state index contributed by atoms with van der Waals surface area (Å²) in [7, 11) is 0. The molecule has 2 aromatic heterocycles. The predicted molar refractivity (Wildman–Crippen MR) is 65.2 cm³/mol. The number of hydrogen-bond donors (Lipinski definition) is 0. The average molecular weight is 250 g/mol. The Labute approximate surface area is 102 Å². The van der Waals surface area contributed by atoms with Gasteiger partial charge in [0.05, 0.1) is 15.5 Å². The molecule has 0 amide bonds. The van der Waals surface area contributed by atoms with Crippen molar-refractivity contribution in [3.8, 4) is 0 Å². The Morgan fingerprint density at radius 1 is 1.44 bits per heavy atom. The molecule has 0 saturated heterocycles. The highest BCUT2D eigenvalue weighted by Gasteiger charge is 2.14. The Hall–Kier alpha value is -1.20. The average Bonchev–Trinajstić information content (AvgIpc) is 2.70. The molecule has 0 aliphatic heterocycles. The zero-order valence-corrected chi connectivity index (χ0v) is 10.6. The van der Waals surface area contributed by atoms with Gasteiger partial charge >= 0.3 is 0 Å². The first-order chi connectivity index (χ1) is 7.68. The number of carbonyl (C=O) groups is 1. The molecule has 82 valence electrons. The topological polar surface area (TPSA) is 42.9 Å². The second-order valence-electron chi connectivity index (χ2n) is 3.23. The van der Waals surface area contributed by atoms with Crippen LogP contribution in [0.5, 0.6) is 0 Å². The van der Waals surface area contributed by atoms with Crippen molar-refractivity contribution >= 4 is 28.9 Å². The van der Waals surface area contributed by atoms with Gasteiger partial charge in [-0.15, -0.1) is 11.3 Å². The molecule has 0 saturated carbocycles. The molecular formula is C11H10N2OS2. The van der Waals surface area contributed by atoms with Gasteiger partial charge in [0, 0.05) is 0 Å². The van der Waals surface area contributed by atoms with E-state index in [1.54, 1.807) is 18.3 Å². The molecule has 0 N–H and O–H groups in total. The number of Topliss-reactive ketones (excluding diaryl/α,β-unsaturated/α-hetero) is 1. The summed E-state index contributed by atoms with van der Waals surface area (Å²) in [6, 6.07) is 3.99. The van der Waals surface area contributed by atoms with Gasteiger partial charge in [-0.2, -0.15) is 0 Å². The van der Waals surface area contributed by atoms with Crippen LogP contribution in [0.2, 0.25) is 0 Å². The summed E-state index contributed by atoms with van der Waals surface area (Å²) in [5.41, 5.74) is 1.36. The van der Waals surface area contributed by atoms with Crippen molar-refractivity contribution in [3.63, 3.8) is 0 Å². The molecule has 0 fully saturated rings. The van der Waals surface area contributed by atoms with Crippen LogP contribution in [0.25, 0.3) is 0 Å². The van der Waals surface area contributed by atoms with Gasteiger partial charge < -0.3 is 0 Å². The lowest BCUT2D eigenvalue weighted by atomic mass is 10.2. The van der Waals surface area contributed by atoms with E-state index < -0.39 is 0 Å². The molecule has 0 aliphatic carbocycles. The Bertz CT molecular complexity index is 509. The summed E-state index contributed by atoms with van der Waals surface area (Å²) < 4.78 is 1.13. The summed E-state index contributed by atoms with van der Waals surface area (Å²) >= 11 is 3.15. The largest absolute Gasteiger partial charge is 0.294 e. The third kappa shape index (κ3) is 2.31. The number of aryl methyl sites for hydroxylation is 1. The Morgan fingerprint density at radius 3 is 2.88 bits per heavy atom. The summed E-state index contributed by atoms with van der Waals surface area (Å²) in [5, 5.41) is 2.74. The third-order valence-electron chi connectivity index (χ3n) is 2.05. The highest BCUT2D eigenvalue weighted by Crippen LogP contribution is 2.32. The molecule has 0 aliphatic rings. The monoisotopic (exact) mass is 250 g/mol. The molecule has 2 heterocycles. The van der Waals surface area contributed by atoms with Crippen LogP contribution in [0.1, 0.15) is 23.0 Å². The van der Waals surface area contributed by atoms with Crippen LogP contribution in [0.4, 0.5) is 0 Å². The first-order valence-electron chi connectivity index (χ1n) is 4.72. The number of hydrogen-bond acceptors (Lipinski definition) is 5. The summed E-state index contributed by atoms with van der Waals surface area (Å²) in [6.45, 7) is 3.38. The lowest BCUT2D eigenvalue weighted by Gasteiger charge is -2.05. The van der Waals surface area contributed by atoms with E-state index in [0.717, 1.165) is 14.9 Å². The van der Waals surface area contributed by atoms with Crippen molar-refractivity contribution in [2.24, 2.45) is 0 Å². The van der Waals surface area contributed by atoms with E-state index in [0.29, 0.717) is 5.56 Å². The van der Waals surface area contributed by atoms with E-state index in [2.05, 4.69) is 9.97 Å². The minimum atomic E-state index is 0.0113. The Morgan fingerprint density at radius 2 is 2.25 bits per heavy atom. The molecule has 16 heavy (non-hydrogen) atoms. The second kappa shape index (κ2) is 4.76. The van der Waals surface area contributed by atoms with Crippen molar-refractivity contribution < 1.29 is 4.79 Å². The summed E-state index contributed by atoms with van der Waals surface area (Å²) in [6.07, 6.45) is 1.50. The van der Waals surface area contributed by atoms with Gasteiger partial charge in [-0.1, -0.05) is 17.8 Å². The minimum absolute atomic E-state index is 0.0113. The number of aromatic nitrogens is 2. The predicted octanol–water partition coefficient (Wildman–Crippen LogP) is 3.20. The standard InChI is InChI=1S/C11H10N2OS2/c1-7-10(8(2)14)11(13-6-12-7)16-9-4-3-5-15-9/h3-6H,1-2H3. The zero-order valence-electron chi connectivity index (χ0n) is 8.93. The molecule has 0 radical (unpaired) electrons. The van der Waals surface area contributed by atoms with E-state index in [-0.39, 0.29) is 5.78 Å². The van der Waals surface area contributed by atoms with Gasteiger partial charge in [0.15, 0.2) is 5.78 Å². The number of thiophene rings is 1. The SMILES string of the molecule is CC(=O)c1c(C)ncnc1Sc1cccs1. The zero-order chi connectivity index (χ0) is 11.5. The third-order valence-corrected chi connectivity index (χ3v) is 4.09. The van der Waals surface area contributed by atoms with E-state index in [1.807, 2.05) is 24.4 Å². The van der Waals surface area contributed by atoms with Crippen molar-refractivity contribution in [2.75, 3.05) is 0 Å². The second-order valence-corrected chi connectivity index (χ2v) is 5.47. The van der Waals surface area contributed by atoms with E-state index in [4.69, 9.17) is 0 Å². The van der Waals surface area contributed by atoms with Gasteiger partial charge in [-0.25, -0.2) is 9.97 Å². The molecule has 0 bridgehead atoms. The minimum Gasteiger partial charge on any atom is -0.294 e. The van der Waals surface area contributed by atoms with Crippen molar-refractivity contribution in [1.29, 1.82) is 0 Å². The number of ketones is 1. The van der Waals surface area contributed by atoms with Gasteiger partial charge in [-0.05, 0) is 25.3 Å². The van der Waals surface area contributed by atoms with E-state index in [9.17, 15) is 4.79 Å². The number of nitrogens with zero attached hydrogens (tertiary/aromatic N) is 2. The number of carbonyl (C=O) groups excluding carboxylic acids is 1. The van der Waals surface area contributed by atoms with Gasteiger partial charge in [0.2, 0.25) is 0 Å². The van der Waals surface area contributed by atoms with Crippen LogP contribution in [0, 0.1) is 6.92 Å². The molecule has 2 rings (SSSR count). The molecule has 0 spiro atoms. The van der Waals surface area contributed by atoms with Crippen LogP contribution < -0.4 is 0 Å². The van der Waals surface area contributed by atoms with E-state index in [1.165, 1.54) is 18.1 Å². The highest BCUT2D eigenvalue weighted by atomic mass is 32.2. The quantitative estimate of drug-likeness (QED) is 0.619.